The molecule has 0 radical (unpaired) electrons. The van der Waals surface area contributed by atoms with Crippen LogP contribution in [0.2, 0.25) is 10.0 Å². The molecule has 0 heterocycles. The number of halogens is 2. The van der Waals surface area contributed by atoms with Crippen LogP contribution in [0.5, 0.6) is 0 Å². The number of carbonyl (C=O) groups excluding carboxylic acids is 1. The zero-order valence-corrected chi connectivity index (χ0v) is 13.5. The van der Waals surface area contributed by atoms with Gasteiger partial charge in [-0.25, -0.2) is 0 Å². The molecule has 21 heavy (non-hydrogen) atoms. The molecule has 0 atom stereocenters. The summed E-state index contributed by atoms with van der Waals surface area (Å²) in [6.45, 7) is 0. The van der Waals surface area contributed by atoms with Gasteiger partial charge < -0.3 is 10.6 Å². The van der Waals surface area contributed by atoms with Crippen molar-refractivity contribution in [2.24, 2.45) is 5.73 Å². The fraction of sp³-hybridized carbons (Fsp3) is 0.0667. The van der Waals surface area contributed by atoms with Crippen LogP contribution < -0.4 is 10.6 Å². The van der Waals surface area contributed by atoms with Gasteiger partial charge in [-0.15, -0.1) is 0 Å². The van der Waals surface area contributed by atoms with Crippen molar-refractivity contribution in [3.63, 3.8) is 0 Å². The van der Waals surface area contributed by atoms with Gasteiger partial charge in [0.1, 0.15) is 4.99 Å². The summed E-state index contributed by atoms with van der Waals surface area (Å²) >= 11 is 16.7. The molecule has 108 valence electrons. The molecule has 0 spiro atoms. The van der Waals surface area contributed by atoms with Gasteiger partial charge in [0.2, 0.25) is 0 Å². The fourth-order valence-corrected chi connectivity index (χ4v) is 2.23. The highest BCUT2D eigenvalue weighted by Gasteiger charge is 2.15. The summed E-state index contributed by atoms with van der Waals surface area (Å²) in [5.74, 6) is -0.200. The lowest BCUT2D eigenvalue weighted by molar-refractivity contribution is 0.0993. The third-order valence-corrected chi connectivity index (χ3v) is 3.96. The van der Waals surface area contributed by atoms with Crippen molar-refractivity contribution in [3.8, 4) is 0 Å². The lowest BCUT2D eigenvalue weighted by atomic mass is 10.1. The zero-order chi connectivity index (χ0) is 15.6. The van der Waals surface area contributed by atoms with Crippen LogP contribution in [0.4, 0.5) is 5.69 Å². The van der Waals surface area contributed by atoms with Gasteiger partial charge in [0.05, 0.1) is 10.0 Å². The number of amides is 1. The smallest absolute Gasteiger partial charge is 0.258 e. The summed E-state index contributed by atoms with van der Waals surface area (Å²) in [5.41, 5.74) is 7.45. The second-order valence-electron chi connectivity index (χ2n) is 4.41. The number of rotatable bonds is 3. The van der Waals surface area contributed by atoms with E-state index in [-0.39, 0.29) is 10.9 Å². The van der Waals surface area contributed by atoms with Gasteiger partial charge in [-0.3, -0.25) is 4.79 Å². The van der Waals surface area contributed by atoms with Crippen LogP contribution in [0.15, 0.2) is 42.5 Å². The number of nitrogens with two attached hydrogens (primary N) is 1. The van der Waals surface area contributed by atoms with Gasteiger partial charge in [-0.1, -0.05) is 47.6 Å². The largest absolute Gasteiger partial charge is 0.389 e. The Morgan fingerprint density at radius 2 is 1.81 bits per heavy atom. The van der Waals surface area contributed by atoms with E-state index >= 15 is 0 Å². The average molecular weight is 339 g/mol. The molecule has 6 heteroatoms. The van der Waals surface area contributed by atoms with Crippen molar-refractivity contribution in [2.45, 2.75) is 0 Å². The van der Waals surface area contributed by atoms with Gasteiger partial charge in [0.25, 0.3) is 5.91 Å². The van der Waals surface area contributed by atoms with E-state index in [9.17, 15) is 4.79 Å². The van der Waals surface area contributed by atoms with E-state index < -0.39 is 0 Å². The molecule has 2 aromatic carbocycles. The highest BCUT2D eigenvalue weighted by Crippen LogP contribution is 2.24. The van der Waals surface area contributed by atoms with Crippen LogP contribution in [-0.4, -0.2) is 17.9 Å². The van der Waals surface area contributed by atoms with Crippen LogP contribution in [0.3, 0.4) is 0 Å². The van der Waals surface area contributed by atoms with Crippen molar-refractivity contribution >= 4 is 52.0 Å². The van der Waals surface area contributed by atoms with Crippen LogP contribution in [0.1, 0.15) is 15.9 Å². The molecule has 0 aliphatic heterocycles. The van der Waals surface area contributed by atoms with Gasteiger partial charge >= 0.3 is 0 Å². The van der Waals surface area contributed by atoms with Crippen LogP contribution in [0.25, 0.3) is 0 Å². The Balaban J connectivity index is 2.32. The number of hydrogen-bond donors (Lipinski definition) is 1. The minimum atomic E-state index is -0.200. The lowest BCUT2D eigenvalue weighted by Gasteiger charge is -2.18. The first-order chi connectivity index (χ1) is 9.90. The van der Waals surface area contributed by atoms with Crippen molar-refractivity contribution in [1.29, 1.82) is 0 Å². The lowest BCUT2D eigenvalue weighted by Crippen LogP contribution is -2.26. The minimum absolute atomic E-state index is 0.200. The summed E-state index contributed by atoms with van der Waals surface area (Å²) < 4.78 is 0. The Kier molecular flexibility index (Phi) is 4.83. The highest BCUT2D eigenvalue weighted by molar-refractivity contribution is 7.80. The Morgan fingerprint density at radius 3 is 2.43 bits per heavy atom. The zero-order valence-electron chi connectivity index (χ0n) is 11.1. The summed E-state index contributed by atoms with van der Waals surface area (Å²) in [6, 6.07) is 11.9. The topological polar surface area (TPSA) is 46.3 Å². The molecule has 2 rings (SSSR count). The predicted molar refractivity (Wildman–Crippen MR) is 91.5 cm³/mol. The third-order valence-electron chi connectivity index (χ3n) is 2.99. The van der Waals surface area contributed by atoms with E-state index in [1.54, 1.807) is 49.5 Å². The summed E-state index contributed by atoms with van der Waals surface area (Å²) in [7, 11) is 1.67. The van der Waals surface area contributed by atoms with Crippen molar-refractivity contribution in [1.82, 2.24) is 0 Å². The number of nitrogens with zero attached hydrogens (tertiary/aromatic N) is 1. The molecule has 1 amide bonds. The summed E-state index contributed by atoms with van der Waals surface area (Å²) in [5, 5.41) is 0.749. The van der Waals surface area contributed by atoms with Gasteiger partial charge in [-0.2, -0.15) is 0 Å². The maximum absolute atomic E-state index is 12.4. The molecule has 0 saturated carbocycles. The highest BCUT2D eigenvalue weighted by atomic mass is 35.5. The Hall–Kier alpha value is -1.62. The van der Waals surface area contributed by atoms with Gasteiger partial charge in [-0.05, 0) is 30.3 Å². The SMILES string of the molecule is CN(C(=O)c1ccc(Cl)c(Cl)c1)c1cccc(C(N)=S)c1. The average Bonchev–Trinajstić information content (AvgIpc) is 2.48. The molecule has 2 N–H and O–H groups in total. The third kappa shape index (κ3) is 3.53. The fourth-order valence-electron chi connectivity index (χ4n) is 1.81. The Morgan fingerprint density at radius 1 is 1.10 bits per heavy atom. The molecule has 3 nitrogen and oxygen atoms in total. The van der Waals surface area contributed by atoms with Gasteiger partial charge in [0.15, 0.2) is 0 Å². The quantitative estimate of drug-likeness (QED) is 0.863. The molecule has 0 unspecified atom stereocenters. The Bertz CT molecular complexity index is 719. The van der Waals surface area contributed by atoms with Crippen molar-refractivity contribution in [2.75, 3.05) is 11.9 Å². The molecule has 0 aliphatic carbocycles. The second kappa shape index (κ2) is 6.43. The number of benzene rings is 2. The van der Waals surface area contributed by atoms with Gasteiger partial charge in [0, 0.05) is 23.9 Å². The number of hydrogen-bond acceptors (Lipinski definition) is 2. The molecule has 0 saturated heterocycles. The predicted octanol–water partition coefficient (Wildman–Crippen LogP) is 3.90. The molecular formula is C15H12Cl2N2OS. The van der Waals surface area contributed by atoms with Crippen LogP contribution in [-0.2, 0) is 0 Å². The first-order valence-corrected chi connectivity index (χ1v) is 7.19. The normalized spacial score (nSPS) is 10.2. The Labute approximate surface area is 138 Å². The van der Waals surface area contributed by atoms with E-state index in [1.165, 1.54) is 4.90 Å². The molecular weight excluding hydrogens is 327 g/mol. The van der Waals surface area contributed by atoms with Crippen molar-refractivity contribution < 1.29 is 4.79 Å². The van der Waals surface area contributed by atoms with E-state index in [2.05, 4.69) is 0 Å². The molecule has 0 fully saturated rings. The standard InChI is InChI=1S/C15H12Cl2N2OS/c1-19(11-4-2-3-9(7-11)14(18)21)15(20)10-5-6-12(16)13(17)8-10/h2-8H,1H3,(H2,18,21). The number of thiocarbonyl (C=S) groups is 1. The van der Waals surface area contributed by atoms with Crippen LogP contribution in [0, 0.1) is 0 Å². The number of anilines is 1. The first kappa shape index (κ1) is 15.8. The van der Waals surface area contributed by atoms with Crippen molar-refractivity contribution in [3.05, 3.63) is 63.6 Å². The second-order valence-corrected chi connectivity index (χ2v) is 5.66. The maximum Gasteiger partial charge on any atom is 0.258 e. The minimum Gasteiger partial charge on any atom is -0.389 e. The molecule has 0 bridgehead atoms. The molecule has 2 aromatic rings. The van der Waals surface area contributed by atoms with E-state index in [1.807, 2.05) is 0 Å². The monoisotopic (exact) mass is 338 g/mol. The van der Waals surface area contributed by atoms with Crippen LogP contribution >= 0.6 is 35.4 Å². The first-order valence-electron chi connectivity index (χ1n) is 6.03. The number of carbonyl (C=O) groups is 1. The maximum atomic E-state index is 12.4. The van der Waals surface area contributed by atoms with E-state index in [0.29, 0.717) is 26.9 Å². The van der Waals surface area contributed by atoms with E-state index in [0.717, 1.165) is 0 Å². The molecule has 0 aromatic heterocycles. The van der Waals surface area contributed by atoms with E-state index in [4.69, 9.17) is 41.2 Å². The summed E-state index contributed by atoms with van der Waals surface area (Å²) in [6.07, 6.45) is 0. The molecule has 0 aliphatic rings. The summed E-state index contributed by atoms with van der Waals surface area (Å²) in [4.78, 5) is 14.2.